The van der Waals surface area contributed by atoms with E-state index in [0.717, 1.165) is 49.8 Å². The van der Waals surface area contributed by atoms with Gasteiger partial charge in [0.25, 0.3) is 5.56 Å². The van der Waals surface area contributed by atoms with Gasteiger partial charge in [-0.1, -0.05) is 6.92 Å². The number of ether oxygens (including phenoxy) is 1. The van der Waals surface area contributed by atoms with Crippen LogP contribution in [0.3, 0.4) is 0 Å². The summed E-state index contributed by atoms with van der Waals surface area (Å²) in [4.78, 5) is 30.4. The predicted octanol–water partition coefficient (Wildman–Crippen LogP) is 4.05. The average molecular weight is 623 g/mol. The molecule has 6 rings (SSSR count). The summed E-state index contributed by atoms with van der Waals surface area (Å²) in [5, 5.41) is 17.2. The van der Waals surface area contributed by atoms with Gasteiger partial charge in [0, 0.05) is 47.5 Å². The monoisotopic (exact) mass is 622 g/mol. The molecule has 4 fully saturated rings. The zero-order valence-electron chi connectivity index (χ0n) is 25.7. The van der Waals surface area contributed by atoms with Crippen molar-refractivity contribution in [1.29, 1.82) is 0 Å². The number of nitrogens with zero attached hydrogens (tertiary/aromatic N) is 2. The van der Waals surface area contributed by atoms with Crippen molar-refractivity contribution in [3.63, 3.8) is 0 Å². The zero-order valence-corrected chi connectivity index (χ0v) is 26.5. The van der Waals surface area contributed by atoms with Gasteiger partial charge in [-0.25, -0.2) is 13.8 Å². The normalized spacial score (nSPS) is 37.4. The van der Waals surface area contributed by atoms with Crippen LogP contribution in [0, 0.1) is 36.5 Å². The van der Waals surface area contributed by atoms with Crippen LogP contribution in [0.4, 0.5) is 8.78 Å². The number of carboxylic acids is 1. The lowest BCUT2D eigenvalue weighted by molar-refractivity contribution is -0.142. The van der Waals surface area contributed by atoms with Crippen molar-refractivity contribution in [3.8, 4) is 0 Å². The maximum absolute atomic E-state index is 13.6. The van der Waals surface area contributed by atoms with Crippen LogP contribution in [0.1, 0.15) is 75.9 Å². The number of aromatic nitrogens is 2. The molecule has 8 nitrogen and oxygen atoms in total. The summed E-state index contributed by atoms with van der Waals surface area (Å²) in [6.45, 7) is 7.85. The topological polar surface area (TPSA) is 105 Å². The fourth-order valence-electron chi connectivity index (χ4n) is 8.71. The van der Waals surface area contributed by atoms with Crippen molar-refractivity contribution in [3.05, 3.63) is 27.4 Å². The molecule has 3 N–H and O–H groups in total. The quantitative estimate of drug-likeness (QED) is 0.379. The Bertz CT molecular complexity index is 1240. The van der Waals surface area contributed by atoms with E-state index >= 15 is 0 Å². The minimum atomic E-state index is -2.51. The first kappa shape index (κ1) is 31.4. The summed E-state index contributed by atoms with van der Waals surface area (Å²) in [5.74, 6) is -0.761. The SMILES string of the molecule is Cc1nc2c(c(=O)n1CCOC1CCC(C)CC1C1CC(C)NC3C(C(=O)O)CSC13)CC(NCC1CC(F)(F)C1)CC2. The number of fused-ring (bicyclic) bond motifs is 2. The van der Waals surface area contributed by atoms with Gasteiger partial charge in [0.15, 0.2) is 0 Å². The number of rotatable bonds is 9. The summed E-state index contributed by atoms with van der Waals surface area (Å²) >= 11 is 1.83. The first-order valence-corrected chi connectivity index (χ1v) is 17.5. The number of thioether (sulfide) groups is 1. The molecular formula is C32H48F2N4O4S. The molecule has 0 radical (unpaired) electrons. The lowest BCUT2D eigenvalue weighted by atomic mass is 9.68. The Kier molecular flexibility index (Phi) is 9.26. The number of alkyl halides is 2. The smallest absolute Gasteiger partial charge is 0.308 e. The van der Waals surface area contributed by atoms with Crippen LogP contribution in [0.5, 0.6) is 0 Å². The number of carboxylic acid groups (broad SMARTS) is 1. The number of hydrogen-bond donors (Lipinski definition) is 3. The van der Waals surface area contributed by atoms with Crippen LogP contribution in [0.15, 0.2) is 4.79 Å². The molecule has 3 heterocycles. The Morgan fingerprint density at radius 2 is 2.00 bits per heavy atom. The van der Waals surface area contributed by atoms with Gasteiger partial charge in [-0.3, -0.25) is 14.2 Å². The molecule has 9 atom stereocenters. The molecule has 0 amide bonds. The lowest BCUT2D eigenvalue weighted by Crippen LogP contribution is -2.57. The van der Waals surface area contributed by atoms with Crippen LogP contribution >= 0.6 is 11.8 Å². The molecule has 1 aromatic heterocycles. The van der Waals surface area contributed by atoms with E-state index in [-0.39, 0.29) is 59.7 Å². The van der Waals surface area contributed by atoms with E-state index in [1.807, 2.05) is 18.7 Å². The Hall–Kier alpha value is -1.56. The third kappa shape index (κ3) is 6.70. The van der Waals surface area contributed by atoms with Gasteiger partial charge in [0.1, 0.15) is 5.82 Å². The second-order valence-corrected chi connectivity index (χ2v) is 15.5. The Labute approximate surface area is 257 Å². The summed E-state index contributed by atoms with van der Waals surface area (Å²) < 4.78 is 34.8. The average Bonchev–Trinajstić information content (AvgIpc) is 3.37. The second kappa shape index (κ2) is 12.7. The highest BCUT2D eigenvalue weighted by atomic mass is 32.2. The molecule has 9 unspecified atom stereocenters. The van der Waals surface area contributed by atoms with Crippen LogP contribution in [0.25, 0.3) is 0 Å². The van der Waals surface area contributed by atoms with Crippen LogP contribution in [-0.4, -0.2) is 74.9 Å². The molecule has 2 saturated carbocycles. The highest BCUT2D eigenvalue weighted by Gasteiger charge is 2.51. The summed E-state index contributed by atoms with van der Waals surface area (Å²) in [7, 11) is 0. The van der Waals surface area contributed by atoms with Gasteiger partial charge in [-0.2, -0.15) is 11.8 Å². The molecule has 0 aromatic carbocycles. The first-order chi connectivity index (χ1) is 20.5. The molecule has 3 aliphatic carbocycles. The van der Waals surface area contributed by atoms with Gasteiger partial charge in [-0.05, 0) is 89.0 Å². The van der Waals surface area contributed by atoms with Gasteiger partial charge in [0.05, 0.1) is 30.9 Å². The predicted molar refractivity (Wildman–Crippen MR) is 163 cm³/mol. The number of aliphatic carboxylic acids is 1. The van der Waals surface area contributed by atoms with Gasteiger partial charge >= 0.3 is 5.97 Å². The van der Waals surface area contributed by atoms with Crippen molar-refractivity contribution in [2.45, 2.75) is 121 Å². The first-order valence-electron chi connectivity index (χ1n) is 16.4. The second-order valence-electron chi connectivity index (χ2n) is 14.2. The number of halogens is 2. The maximum atomic E-state index is 13.6. The number of carbonyl (C=O) groups is 1. The molecule has 240 valence electrons. The van der Waals surface area contributed by atoms with Crippen molar-refractivity contribution in [2.75, 3.05) is 18.9 Å². The summed E-state index contributed by atoms with van der Waals surface area (Å²) in [6, 6.07) is 0.393. The minimum absolute atomic E-state index is 0.00122. The summed E-state index contributed by atoms with van der Waals surface area (Å²) in [6.07, 6.45) is 6.41. The zero-order chi connectivity index (χ0) is 30.5. The van der Waals surface area contributed by atoms with E-state index in [9.17, 15) is 23.5 Å². The fourth-order valence-corrected chi connectivity index (χ4v) is 10.5. The Morgan fingerprint density at radius 3 is 2.74 bits per heavy atom. The van der Waals surface area contributed by atoms with Gasteiger partial charge < -0.3 is 20.5 Å². The molecular weight excluding hydrogens is 574 g/mol. The largest absolute Gasteiger partial charge is 0.481 e. The van der Waals surface area contributed by atoms with Gasteiger partial charge in [-0.15, -0.1) is 0 Å². The van der Waals surface area contributed by atoms with Crippen LogP contribution < -0.4 is 16.2 Å². The van der Waals surface area contributed by atoms with Crippen molar-refractivity contribution < 1.29 is 23.4 Å². The van der Waals surface area contributed by atoms with Crippen LogP contribution in [-0.2, 0) is 28.9 Å². The summed E-state index contributed by atoms with van der Waals surface area (Å²) in [5.41, 5.74) is 1.62. The van der Waals surface area contributed by atoms with E-state index in [1.165, 1.54) is 0 Å². The highest BCUT2D eigenvalue weighted by molar-refractivity contribution is 8.00. The molecule has 11 heteroatoms. The van der Waals surface area contributed by atoms with Crippen molar-refractivity contribution in [1.82, 2.24) is 20.2 Å². The number of hydrogen-bond acceptors (Lipinski definition) is 7. The van der Waals surface area contributed by atoms with E-state index in [2.05, 4.69) is 24.5 Å². The molecule has 2 saturated heterocycles. The van der Waals surface area contributed by atoms with E-state index in [0.29, 0.717) is 55.4 Å². The number of aryl methyl sites for hydroxylation is 2. The Morgan fingerprint density at radius 1 is 1.21 bits per heavy atom. The van der Waals surface area contributed by atoms with Crippen molar-refractivity contribution >= 4 is 17.7 Å². The highest BCUT2D eigenvalue weighted by Crippen LogP contribution is 2.48. The van der Waals surface area contributed by atoms with Gasteiger partial charge in [0.2, 0.25) is 5.92 Å². The molecule has 0 bridgehead atoms. The minimum Gasteiger partial charge on any atom is -0.481 e. The van der Waals surface area contributed by atoms with E-state index < -0.39 is 11.9 Å². The third-order valence-corrected chi connectivity index (χ3v) is 12.6. The van der Waals surface area contributed by atoms with E-state index in [4.69, 9.17) is 9.72 Å². The molecule has 43 heavy (non-hydrogen) atoms. The fraction of sp³-hybridized carbons (Fsp3) is 0.844. The van der Waals surface area contributed by atoms with Crippen molar-refractivity contribution in [2.24, 2.45) is 29.6 Å². The molecule has 1 aromatic rings. The Balaban J connectivity index is 1.09. The number of piperidine rings is 1. The molecule has 2 aliphatic heterocycles. The lowest BCUT2D eigenvalue weighted by Gasteiger charge is -2.47. The maximum Gasteiger partial charge on any atom is 0.308 e. The number of nitrogens with one attached hydrogen (secondary N) is 2. The van der Waals surface area contributed by atoms with E-state index in [1.54, 1.807) is 4.57 Å². The molecule has 0 spiro atoms. The third-order valence-electron chi connectivity index (χ3n) is 11.0. The molecule has 5 aliphatic rings. The van der Waals surface area contributed by atoms with Crippen LogP contribution in [0.2, 0.25) is 0 Å². The standard InChI is InChI=1S/C32H48F2N4O4S/c1-17-4-7-27(22(10-17)23-11-18(2)36-28-25(31(40)41)16-43-29(23)28)42-9-8-38-19(3)37-26-6-5-21(12-24(26)30(38)39)35-15-20-13-32(33,34)14-20/h17-18,20-23,25,27-29,35-36H,4-16H2,1-3H3,(H,40,41).